The predicted molar refractivity (Wildman–Crippen MR) is 81.8 cm³/mol. The number of esters is 1. The molecule has 2 rings (SSSR count). The van der Waals surface area contributed by atoms with Gasteiger partial charge in [0.15, 0.2) is 0 Å². The molecule has 0 spiro atoms. The Labute approximate surface area is 119 Å². The molecule has 2 aromatic rings. The van der Waals surface area contributed by atoms with Crippen LogP contribution in [0.5, 0.6) is 5.75 Å². The minimum Gasteiger partial charge on any atom is -0.423 e. The number of rotatable bonds is 3. The lowest BCUT2D eigenvalue weighted by atomic mass is 10.1. The average molecular weight is 266 g/mol. The van der Waals surface area contributed by atoms with Crippen molar-refractivity contribution in [2.45, 2.75) is 20.8 Å². The third kappa shape index (κ3) is 3.58. The Hall–Kier alpha value is -2.35. The molecule has 0 saturated heterocycles. The van der Waals surface area contributed by atoms with Crippen LogP contribution in [0.15, 0.2) is 48.5 Å². The Bertz CT molecular complexity index is 617. The smallest absolute Gasteiger partial charge is 0.336 e. The lowest BCUT2D eigenvalue weighted by Gasteiger charge is -2.08. The van der Waals surface area contributed by atoms with E-state index in [1.54, 1.807) is 6.08 Å². The largest absolute Gasteiger partial charge is 0.423 e. The van der Waals surface area contributed by atoms with E-state index in [0.717, 1.165) is 16.7 Å². The molecule has 0 fully saturated rings. The highest BCUT2D eigenvalue weighted by Crippen LogP contribution is 2.22. The van der Waals surface area contributed by atoms with Gasteiger partial charge in [-0.3, -0.25) is 0 Å². The molecule has 20 heavy (non-hydrogen) atoms. The summed E-state index contributed by atoms with van der Waals surface area (Å²) in [4.78, 5) is 11.8. The van der Waals surface area contributed by atoms with Crippen molar-refractivity contribution in [2.75, 3.05) is 0 Å². The number of ether oxygens (including phenoxy) is 1. The van der Waals surface area contributed by atoms with Crippen molar-refractivity contribution in [3.05, 3.63) is 70.8 Å². The number of aryl methyl sites for hydroxylation is 3. The third-order valence-corrected chi connectivity index (χ3v) is 3.10. The maximum Gasteiger partial charge on any atom is 0.336 e. The Balaban J connectivity index is 2.07. The minimum absolute atomic E-state index is 0.358. The molecule has 102 valence electrons. The van der Waals surface area contributed by atoms with Crippen LogP contribution in [0, 0.1) is 20.8 Å². The molecule has 0 aromatic heterocycles. The van der Waals surface area contributed by atoms with Crippen LogP contribution < -0.4 is 4.74 Å². The van der Waals surface area contributed by atoms with Crippen molar-refractivity contribution < 1.29 is 9.53 Å². The maximum absolute atomic E-state index is 11.8. The van der Waals surface area contributed by atoms with E-state index >= 15 is 0 Å². The van der Waals surface area contributed by atoms with Crippen molar-refractivity contribution in [3.8, 4) is 5.75 Å². The number of hydrogen-bond acceptors (Lipinski definition) is 2. The molecule has 0 aliphatic heterocycles. The average Bonchev–Trinajstić information content (AvgIpc) is 2.42. The molecular formula is C18H18O2. The fraction of sp³-hybridized carbons (Fsp3) is 0.167. The Kier molecular flexibility index (Phi) is 4.36. The van der Waals surface area contributed by atoms with E-state index in [0.29, 0.717) is 5.75 Å². The van der Waals surface area contributed by atoms with Crippen LogP contribution in [-0.2, 0) is 4.79 Å². The highest BCUT2D eigenvalue weighted by molar-refractivity contribution is 5.89. The number of para-hydroxylation sites is 1. The molecule has 0 N–H and O–H groups in total. The molecule has 2 heteroatoms. The molecule has 0 saturated carbocycles. The van der Waals surface area contributed by atoms with Crippen molar-refractivity contribution in [1.82, 2.24) is 0 Å². The van der Waals surface area contributed by atoms with Crippen molar-refractivity contribution in [1.29, 1.82) is 0 Å². The molecule has 0 atom stereocenters. The van der Waals surface area contributed by atoms with Gasteiger partial charge in [0.25, 0.3) is 0 Å². The molecule has 0 amide bonds. The van der Waals surface area contributed by atoms with Crippen LogP contribution in [0.25, 0.3) is 6.08 Å². The van der Waals surface area contributed by atoms with Crippen molar-refractivity contribution in [3.63, 3.8) is 0 Å². The van der Waals surface area contributed by atoms with Gasteiger partial charge in [-0.15, -0.1) is 0 Å². The highest BCUT2D eigenvalue weighted by Gasteiger charge is 2.06. The SMILES string of the molecule is Cc1ccc(C=CC(=O)Oc2c(C)cccc2C)cc1. The zero-order chi connectivity index (χ0) is 14.5. The van der Waals surface area contributed by atoms with Crippen LogP contribution in [-0.4, -0.2) is 5.97 Å². The number of hydrogen-bond donors (Lipinski definition) is 0. The van der Waals surface area contributed by atoms with Crippen LogP contribution >= 0.6 is 0 Å². The van der Waals surface area contributed by atoms with Gasteiger partial charge in [0.05, 0.1) is 0 Å². The van der Waals surface area contributed by atoms with Gasteiger partial charge in [0.2, 0.25) is 0 Å². The van der Waals surface area contributed by atoms with Crippen LogP contribution in [0.2, 0.25) is 0 Å². The summed E-state index contributed by atoms with van der Waals surface area (Å²) in [6, 6.07) is 13.8. The van der Waals surface area contributed by atoms with Crippen molar-refractivity contribution >= 4 is 12.0 Å². The molecular weight excluding hydrogens is 248 g/mol. The van der Waals surface area contributed by atoms with Gasteiger partial charge in [-0.2, -0.15) is 0 Å². The molecule has 0 radical (unpaired) electrons. The molecule has 0 unspecified atom stereocenters. The fourth-order valence-electron chi connectivity index (χ4n) is 1.94. The normalized spacial score (nSPS) is 10.8. The first-order valence-electron chi connectivity index (χ1n) is 6.59. The highest BCUT2D eigenvalue weighted by atomic mass is 16.5. The maximum atomic E-state index is 11.8. The van der Waals surface area contributed by atoms with E-state index in [1.807, 2.05) is 63.2 Å². The first-order chi connectivity index (χ1) is 9.56. The van der Waals surface area contributed by atoms with E-state index in [2.05, 4.69) is 0 Å². The lowest BCUT2D eigenvalue weighted by molar-refractivity contribution is -0.129. The second-order valence-electron chi connectivity index (χ2n) is 4.89. The minimum atomic E-state index is -0.358. The van der Waals surface area contributed by atoms with Gasteiger partial charge in [0, 0.05) is 6.08 Å². The molecule has 2 nitrogen and oxygen atoms in total. The molecule has 0 heterocycles. The summed E-state index contributed by atoms with van der Waals surface area (Å²) in [5.74, 6) is 0.286. The van der Waals surface area contributed by atoms with E-state index in [4.69, 9.17) is 4.74 Å². The molecule has 2 aromatic carbocycles. The fourth-order valence-corrected chi connectivity index (χ4v) is 1.94. The summed E-state index contributed by atoms with van der Waals surface area (Å²) in [7, 11) is 0. The zero-order valence-corrected chi connectivity index (χ0v) is 12.0. The van der Waals surface area contributed by atoms with Gasteiger partial charge in [-0.1, -0.05) is 48.0 Å². The monoisotopic (exact) mass is 266 g/mol. The second kappa shape index (κ2) is 6.20. The number of carbonyl (C=O) groups excluding carboxylic acids is 1. The van der Waals surface area contributed by atoms with E-state index in [9.17, 15) is 4.79 Å². The van der Waals surface area contributed by atoms with E-state index < -0.39 is 0 Å². The summed E-state index contributed by atoms with van der Waals surface area (Å²) >= 11 is 0. The predicted octanol–water partition coefficient (Wildman–Crippen LogP) is 4.23. The second-order valence-corrected chi connectivity index (χ2v) is 4.89. The van der Waals surface area contributed by atoms with Crippen LogP contribution in [0.1, 0.15) is 22.3 Å². The van der Waals surface area contributed by atoms with E-state index in [1.165, 1.54) is 11.6 Å². The molecule has 0 aliphatic carbocycles. The third-order valence-electron chi connectivity index (χ3n) is 3.10. The zero-order valence-electron chi connectivity index (χ0n) is 12.0. The Morgan fingerprint density at radius 3 is 2.15 bits per heavy atom. The quantitative estimate of drug-likeness (QED) is 0.472. The summed E-state index contributed by atoms with van der Waals surface area (Å²) in [6.45, 7) is 5.89. The lowest BCUT2D eigenvalue weighted by Crippen LogP contribution is -2.06. The number of benzene rings is 2. The van der Waals surface area contributed by atoms with Crippen LogP contribution in [0.3, 0.4) is 0 Å². The summed E-state index contributed by atoms with van der Waals surface area (Å²) < 4.78 is 5.40. The van der Waals surface area contributed by atoms with Gasteiger partial charge < -0.3 is 4.74 Å². The van der Waals surface area contributed by atoms with Gasteiger partial charge in [-0.25, -0.2) is 4.79 Å². The molecule has 0 bridgehead atoms. The Morgan fingerprint density at radius 2 is 1.55 bits per heavy atom. The Morgan fingerprint density at radius 1 is 0.950 bits per heavy atom. The van der Waals surface area contributed by atoms with Crippen LogP contribution in [0.4, 0.5) is 0 Å². The summed E-state index contributed by atoms with van der Waals surface area (Å²) in [5.41, 5.74) is 4.10. The van der Waals surface area contributed by atoms with Gasteiger partial charge >= 0.3 is 5.97 Å². The standard InChI is InChI=1S/C18H18O2/c1-13-7-9-16(10-8-13)11-12-17(19)20-18-14(2)5-4-6-15(18)3/h4-12H,1-3H3. The first-order valence-corrected chi connectivity index (χ1v) is 6.59. The van der Waals surface area contributed by atoms with Gasteiger partial charge in [0.1, 0.15) is 5.75 Å². The van der Waals surface area contributed by atoms with E-state index in [-0.39, 0.29) is 5.97 Å². The van der Waals surface area contributed by atoms with Crippen molar-refractivity contribution in [2.24, 2.45) is 0 Å². The van der Waals surface area contributed by atoms with Gasteiger partial charge in [-0.05, 0) is 43.5 Å². The number of carbonyl (C=O) groups is 1. The summed E-state index contributed by atoms with van der Waals surface area (Å²) in [6.07, 6.45) is 3.21. The summed E-state index contributed by atoms with van der Waals surface area (Å²) in [5, 5.41) is 0. The first kappa shape index (κ1) is 14.1. The molecule has 0 aliphatic rings. The topological polar surface area (TPSA) is 26.3 Å².